The molecule has 2 aliphatic heterocycles. The first kappa shape index (κ1) is 12.1. The molecule has 0 radical (unpaired) electrons. The number of hydrogen-bond acceptors (Lipinski definition) is 6. The van der Waals surface area contributed by atoms with Crippen LogP contribution in [-0.4, -0.2) is 43.5 Å². The zero-order valence-corrected chi connectivity index (χ0v) is 10.6. The van der Waals surface area contributed by atoms with Crippen molar-refractivity contribution in [1.82, 2.24) is 19.7 Å². The quantitative estimate of drug-likeness (QED) is 0.594. The van der Waals surface area contributed by atoms with E-state index in [2.05, 4.69) is 20.0 Å². The molecule has 8 heteroatoms. The Morgan fingerprint density at radius 1 is 1.37 bits per heavy atom. The van der Waals surface area contributed by atoms with Gasteiger partial charge in [0.05, 0.1) is 0 Å². The van der Waals surface area contributed by atoms with Crippen LogP contribution in [0.4, 0.5) is 5.95 Å². The Bertz CT molecular complexity index is 511. The maximum atomic E-state index is 10.7. The summed E-state index contributed by atoms with van der Waals surface area (Å²) in [6, 6.07) is 0. The van der Waals surface area contributed by atoms with Crippen LogP contribution in [0.2, 0.25) is 0 Å². The largest absolute Gasteiger partial charge is 0.491 e. The van der Waals surface area contributed by atoms with E-state index >= 15 is 0 Å². The van der Waals surface area contributed by atoms with Gasteiger partial charge in [-0.2, -0.15) is 4.68 Å². The van der Waals surface area contributed by atoms with Crippen LogP contribution in [0.25, 0.3) is 0 Å². The number of aliphatic imine (C=N–C) groups is 1. The van der Waals surface area contributed by atoms with Gasteiger partial charge in [-0.3, -0.25) is 4.99 Å². The fourth-order valence-corrected chi connectivity index (χ4v) is 2.75. The minimum atomic E-state index is -0.557. The van der Waals surface area contributed by atoms with E-state index in [0.717, 1.165) is 51.0 Å². The summed E-state index contributed by atoms with van der Waals surface area (Å²) >= 11 is 0. The van der Waals surface area contributed by atoms with Crippen molar-refractivity contribution in [2.75, 3.05) is 13.1 Å². The van der Waals surface area contributed by atoms with Gasteiger partial charge in [-0.05, 0) is 30.6 Å². The van der Waals surface area contributed by atoms with Gasteiger partial charge in [0.25, 0.3) is 0 Å². The second-order valence-corrected chi connectivity index (χ2v) is 4.85. The average molecular weight is 264 g/mol. The highest BCUT2D eigenvalue weighted by atomic mass is 16.6. The van der Waals surface area contributed by atoms with E-state index in [1.807, 2.05) is 0 Å². The van der Waals surface area contributed by atoms with Crippen molar-refractivity contribution in [3.8, 4) is 0 Å². The van der Waals surface area contributed by atoms with E-state index in [0.29, 0.717) is 0 Å². The SMILES string of the molecule is O=[N+]([O-])c1ncn(C2CCCCC3=NCCCN32)n1. The molecule has 0 saturated carbocycles. The molecule has 3 heterocycles. The van der Waals surface area contributed by atoms with Crippen molar-refractivity contribution in [1.29, 1.82) is 0 Å². The third-order valence-corrected chi connectivity index (χ3v) is 3.62. The third kappa shape index (κ3) is 2.29. The predicted molar refractivity (Wildman–Crippen MR) is 67.8 cm³/mol. The molecule has 0 aromatic carbocycles. The Balaban J connectivity index is 1.90. The van der Waals surface area contributed by atoms with Crippen molar-refractivity contribution < 1.29 is 4.92 Å². The lowest BCUT2D eigenvalue weighted by atomic mass is 10.2. The lowest BCUT2D eigenvalue weighted by molar-refractivity contribution is -0.394. The second kappa shape index (κ2) is 4.94. The van der Waals surface area contributed by atoms with Gasteiger partial charge in [-0.1, -0.05) is 4.98 Å². The summed E-state index contributed by atoms with van der Waals surface area (Å²) in [5.41, 5.74) is 0. The summed E-state index contributed by atoms with van der Waals surface area (Å²) in [5.74, 6) is 0.784. The van der Waals surface area contributed by atoms with Crippen molar-refractivity contribution >= 4 is 11.8 Å². The Morgan fingerprint density at radius 2 is 2.26 bits per heavy atom. The highest BCUT2D eigenvalue weighted by molar-refractivity contribution is 5.83. The molecule has 2 aliphatic rings. The third-order valence-electron chi connectivity index (χ3n) is 3.62. The maximum Gasteiger partial charge on any atom is 0.491 e. The van der Waals surface area contributed by atoms with Crippen molar-refractivity contribution in [3.63, 3.8) is 0 Å². The standard InChI is InChI=1S/C11H16N6O2/c18-17(19)11-13-8-16(14-11)10-5-2-1-4-9-12-6-3-7-15(9)10/h8,10H,1-7H2. The molecule has 102 valence electrons. The van der Waals surface area contributed by atoms with Crippen molar-refractivity contribution in [2.45, 2.75) is 38.3 Å². The van der Waals surface area contributed by atoms with Gasteiger partial charge in [0, 0.05) is 24.6 Å². The molecule has 1 fully saturated rings. The number of hydrogen-bond donors (Lipinski definition) is 0. The molecule has 8 nitrogen and oxygen atoms in total. The van der Waals surface area contributed by atoms with Crippen LogP contribution in [0, 0.1) is 10.1 Å². The average Bonchev–Trinajstić information content (AvgIpc) is 2.80. The molecule has 0 N–H and O–H groups in total. The Kier molecular flexibility index (Phi) is 3.14. The number of nitro groups is 1. The summed E-state index contributed by atoms with van der Waals surface area (Å²) in [5, 5.41) is 14.7. The summed E-state index contributed by atoms with van der Waals surface area (Å²) in [7, 11) is 0. The van der Waals surface area contributed by atoms with Gasteiger partial charge in [-0.25, -0.2) is 0 Å². The normalized spacial score (nSPS) is 23.5. The summed E-state index contributed by atoms with van der Waals surface area (Å²) in [6.07, 6.45) is 6.61. The molecule has 0 amide bonds. The zero-order valence-electron chi connectivity index (χ0n) is 10.6. The van der Waals surface area contributed by atoms with Gasteiger partial charge in [0.1, 0.15) is 12.0 Å². The lowest BCUT2D eigenvalue weighted by Crippen LogP contribution is -2.40. The van der Waals surface area contributed by atoms with E-state index in [4.69, 9.17) is 0 Å². The molecule has 0 aliphatic carbocycles. The highest BCUT2D eigenvalue weighted by Crippen LogP contribution is 2.28. The van der Waals surface area contributed by atoms with E-state index in [9.17, 15) is 10.1 Å². The molecule has 0 bridgehead atoms. The Hall–Kier alpha value is -1.99. The molecule has 0 spiro atoms. The number of nitrogens with zero attached hydrogens (tertiary/aromatic N) is 6. The van der Waals surface area contributed by atoms with Crippen molar-refractivity contribution in [3.05, 3.63) is 16.4 Å². The van der Waals surface area contributed by atoms with Gasteiger partial charge in [-0.15, -0.1) is 0 Å². The van der Waals surface area contributed by atoms with Crippen LogP contribution in [0.15, 0.2) is 11.3 Å². The topological polar surface area (TPSA) is 89.4 Å². The predicted octanol–water partition coefficient (Wildman–Crippen LogP) is 1.36. The van der Waals surface area contributed by atoms with E-state index in [-0.39, 0.29) is 12.1 Å². The molecular formula is C11H16N6O2. The first-order chi connectivity index (χ1) is 9.25. The van der Waals surface area contributed by atoms with Crippen LogP contribution in [-0.2, 0) is 0 Å². The molecule has 1 atom stereocenters. The summed E-state index contributed by atoms with van der Waals surface area (Å²) in [6.45, 7) is 1.83. The number of rotatable bonds is 2. The van der Waals surface area contributed by atoms with Crippen LogP contribution in [0.3, 0.4) is 0 Å². The minimum Gasteiger partial charge on any atom is -0.390 e. The van der Waals surface area contributed by atoms with E-state index < -0.39 is 4.92 Å². The molecule has 1 unspecified atom stereocenters. The van der Waals surface area contributed by atoms with Gasteiger partial charge >= 0.3 is 5.95 Å². The van der Waals surface area contributed by atoms with Gasteiger partial charge in [0.15, 0.2) is 0 Å². The van der Waals surface area contributed by atoms with Crippen LogP contribution < -0.4 is 0 Å². The maximum absolute atomic E-state index is 10.7. The molecule has 3 rings (SSSR count). The minimum absolute atomic E-state index is 0.0164. The van der Waals surface area contributed by atoms with Gasteiger partial charge in [0.2, 0.25) is 6.33 Å². The van der Waals surface area contributed by atoms with Crippen molar-refractivity contribution in [2.24, 2.45) is 4.99 Å². The molecule has 1 saturated heterocycles. The monoisotopic (exact) mass is 264 g/mol. The molecule has 1 aromatic rings. The van der Waals surface area contributed by atoms with Crippen LogP contribution in [0.5, 0.6) is 0 Å². The highest BCUT2D eigenvalue weighted by Gasteiger charge is 2.30. The van der Waals surface area contributed by atoms with Crippen LogP contribution >= 0.6 is 0 Å². The molecule has 19 heavy (non-hydrogen) atoms. The number of aromatic nitrogens is 3. The number of fused-ring (bicyclic) bond motifs is 1. The van der Waals surface area contributed by atoms with Gasteiger partial charge < -0.3 is 15.0 Å². The van der Waals surface area contributed by atoms with E-state index in [1.165, 1.54) is 6.33 Å². The lowest BCUT2D eigenvalue weighted by Gasteiger charge is -2.33. The fraction of sp³-hybridized carbons (Fsp3) is 0.727. The molecular weight excluding hydrogens is 248 g/mol. The Morgan fingerprint density at radius 3 is 3.05 bits per heavy atom. The fourth-order valence-electron chi connectivity index (χ4n) is 2.75. The van der Waals surface area contributed by atoms with E-state index in [1.54, 1.807) is 4.68 Å². The molecule has 1 aromatic heterocycles. The Labute approximate surface area is 110 Å². The zero-order chi connectivity index (χ0) is 13.2. The second-order valence-electron chi connectivity index (χ2n) is 4.85. The number of amidine groups is 1. The summed E-state index contributed by atoms with van der Waals surface area (Å²) < 4.78 is 1.62. The summed E-state index contributed by atoms with van der Waals surface area (Å²) in [4.78, 5) is 20.7. The first-order valence-electron chi connectivity index (χ1n) is 6.61. The smallest absolute Gasteiger partial charge is 0.390 e. The van der Waals surface area contributed by atoms with Crippen LogP contribution in [0.1, 0.15) is 38.3 Å². The first-order valence-corrected chi connectivity index (χ1v) is 6.61.